The van der Waals surface area contributed by atoms with Crippen molar-refractivity contribution >= 4 is 23.4 Å². The normalized spacial score (nSPS) is 10.2. The molecule has 6 heteroatoms. The van der Waals surface area contributed by atoms with Gasteiger partial charge in [0.05, 0.1) is 30.4 Å². The quantitative estimate of drug-likeness (QED) is 0.393. The monoisotopic (exact) mass is 328 g/mol. The molecule has 0 bridgehead atoms. The van der Waals surface area contributed by atoms with Gasteiger partial charge in [0.1, 0.15) is 0 Å². The van der Waals surface area contributed by atoms with Crippen LogP contribution >= 0.6 is 11.6 Å². The van der Waals surface area contributed by atoms with E-state index in [1.165, 1.54) is 12.1 Å². The summed E-state index contributed by atoms with van der Waals surface area (Å²) in [5, 5.41) is 0.132. The van der Waals surface area contributed by atoms with E-state index in [0.29, 0.717) is 24.7 Å². The average molecular weight is 329 g/mol. The van der Waals surface area contributed by atoms with Crippen LogP contribution in [0, 0.1) is 0 Å². The van der Waals surface area contributed by atoms with Crippen molar-refractivity contribution in [2.75, 3.05) is 19.8 Å². The molecule has 0 saturated heterocycles. The lowest BCUT2D eigenvalue weighted by Gasteiger charge is -2.14. The van der Waals surface area contributed by atoms with Crippen LogP contribution in [0.15, 0.2) is 12.1 Å². The van der Waals surface area contributed by atoms with Gasteiger partial charge < -0.3 is 14.2 Å². The van der Waals surface area contributed by atoms with Gasteiger partial charge in [0.2, 0.25) is 0 Å². The van der Waals surface area contributed by atoms with Gasteiger partial charge in [0.25, 0.3) is 5.78 Å². The smallest absolute Gasteiger partial charge is 0.379 e. The van der Waals surface area contributed by atoms with Crippen LogP contribution in [0.25, 0.3) is 0 Å². The Bertz CT molecular complexity index is 528. The lowest BCUT2D eigenvalue weighted by atomic mass is 10.1. The number of carbonyl (C=O) groups excluding carboxylic acids is 2. The third-order valence-electron chi connectivity index (χ3n) is 2.66. The van der Waals surface area contributed by atoms with E-state index in [1.807, 2.05) is 13.8 Å². The molecule has 1 aromatic rings. The number of rotatable bonds is 9. The molecule has 22 heavy (non-hydrogen) atoms. The molecule has 0 unspecified atom stereocenters. The number of ether oxygens (including phenoxy) is 3. The highest BCUT2D eigenvalue weighted by Gasteiger charge is 2.23. The van der Waals surface area contributed by atoms with Crippen molar-refractivity contribution in [3.8, 4) is 11.5 Å². The standard InChI is InChI=1S/C16H21ClO5/c1-4-7-21-13-9-11(15(18)16(19)20-6-3)12(17)10-14(13)22-8-5-2/h9-10H,4-8H2,1-3H3. The zero-order valence-corrected chi connectivity index (χ0v) is 13.9. The highest BCUT2D eigenvalue weighted by atomic mass is 35.5. The molecule has 0 fully saturated rings. The minimum absolute atomic E-state index is 0.0510. The summed E-state index contributed by atoms with van der Waals surface area (Å²) in [6.07, 6.45) is 1.63. The summed E-state index contributed by atoms with van der Waals surface area (Å²) < 4.78 is 15.9. The molecule has 1 aromatic carbocycles. The Labute approximate surface area is 135 Å². The Balaban J connectivity index is 3.12. The van der Waals surface area contributed by atoms with Crippen LogP contribution in [-0.2, 0) is 9.53 Å². The molecule has 0 radical (unpaired) electrons. The second kappa shape index (κ2) is 9.30. The van der Waals surface area contributed by atoms with E-state index in [-0.39, 0.29) is 17.2 Å². The molecular weight excluding hydrogens is 308 g/mol. The van der Waals surface area contributed by atoms with Crippen molar-refractivity contribution in [2.24, 2.45) is 0 Å². The fraction of sp³-hybridized carbons (Fsp3) is 0.500. The third-order valence-corrected chi connectivity index (χ3v) is 2.97. The SMILES string of the molecule is CCCOc1cc(Cl)c(C(=O)C(=O)OCC)cc1OCCC. The highest BCUT2D eigenvalue weighted by molar-refractivity contribution is 6.45. The van der Waals surface area contributed by atoms with Crippen molar-refractivity contribution in [1.29, 1.82) is 0 Å². The van der Waals surface area contributed by atoms with E-state index in [9.17, 15) is 9.59 Å². The Morgan fingerprint density at radius 1 is 1.00 bits per heavy atom. The summed E-state index contributed by atoms with van der Waals surface area (Å²) in [6, 6.07) is 2.93. The Kier molecular flexibility index (Phi) is 7.74. The maximum atomic E-state index is 12.1. The molecular formula is C16H21ClO5. The van der Waals surface area contributed by atoms with E-state index in [2.05, 4.69) is 0 Å². The molecule has 0 amide bonds. The molecule has 0 N–H and O–H groups in total. The summed E-state index contributed by atoms with van der Waals surface area (Å²) in [4.78, 5) is 23.6. The molecule has 0 atom stereocenters. The van der Waals surface area contributed by atoms with Gasteiger partial charge in [-0.1, -0.05) is 25.4 Å². The predicted molar refractivity (Wildman–Crippen MR) is 84.0 cm³/mol. The number of hydrogen-bond donors (Lipinski definition) is 0. The molecule has 0 aliphatic carbocycles. The largest absolute Gasteiger partial charge is 0.490 e. The maximum Gasteiger partial charge on any atom is 0.379 e. The van der Waals surface area contributed by atoms with Crippen LogP contribution in [0.4, 0.5) is 0 Å². The van der Waals surface area contributed by atoms with Crippen molar-refractivity contribution in [3.63, 3.8) is 0 Å². The Morgan fingerprint density at radius 3 is 2.05 bits per heavy atom. The first-order valence-corrected chi connectivity index (χ1v) is 7.73. The molecule has 0 aromatic heterocycles. The Morgan fingerprint density at radius 2 is 1.55 bits per heavy atom. The molecule has 1 rings (SSSR count). The average Bonchev–Trinajstić information content (AvgIpc) is 2.51. The van der Waals surface area contributed by atoms with E-state index in [0.717, 1.165) is 12.8 Å². The highest BCUT2D eigenvalue weighted by Crippen LogP contribution is 2.34. The van der Waals surface area contributed by atoms with E-state index in [4.69, 9.17) is 25.8 Å². The maximum absolute atomic E-state index is 12.1. The first kappa shape index (κ1) is 18.3. The number of halogens is 1. The lowest BCUT2D eigenvalue weighted by molar-refractivity contribution is -0.137. The lowest BCUT2D eigenvalue weighted by Crippen LogP contribution is -2.18. The van der Waals surface area contributed by atoms with Gasteiger partial charge in [-0.2, -0.15) is 0 Å². The molecule has 0 saturated carbocycles. The third kappa shape index (κ3) is 4.91. The topological polar surface area (TPSA) is 61.8 Å². The number of carbonyl (C=O) groups is 2. The van der Waals surface area contributed by atoms with E-state index < -0.39 is 11.8 Å². The first-order chi connectivity index (χ1) is 10.5. The van der Waals surface area contributed by atoms with Crippen molar-refractivity contribution in [3.05, 3.63) is 22.7 Å². The van der Waals surface area contributed by atoms with E-state index in [1.54, 1.807) is 6.92 Å². The molecule has 5 nitrogen and oxygen atoms in total. The second-order valence-electron chi connectivity index (χ2n) is 4.53. The summed E-state index contributed by atoms with van der Waals surface area (Å²) >= 11 is 6.09. The van der Waals surface area contributed by atoms with Gasteiger partial charge in [0.15, 0.2) is 11.5 Å². The van der Waals surface area contributed by atoms with Crippen molar-refractivity contribution in [1.82, 2.24) is 0 Å². The van der Waals surface area contributed by atoms with Crippen LogP contribution in [0.2, 0.25) is 5.02 Å². The number of hydrogen-bond acceptors (Lipinski definition) is 5. The number of esters is 1. The van der Waals surface area contributed by atoms with Crippen LogP contribution < -0.4 is 9.47 Å². The second-order valence-corrected chi connectivity index (χ2v) is 4.93. The summed E-state index contributed by atoms with van der Waals surface area (Å²) in [6.45, 7) is 6.67. The van der Waals surface area contributed by atoms with Crippen LogP contribution in [-0.4, -0.2) is 31.6 Å². The predicted octanol–water partition coefficient (Wildman–Crippen LogP) is 3.66. The van der Waals surface area contributed by atoms with Gasteiger partial charge in [-0.3, -0.25) is 4.79 Å². The molecule has 0 aliphatic rings. The fourth-order valence-electron chi connectivity index (χ4n) is 1.67. The summed E-state index contributed by atoms with van der Waals surface area (Å²) in [7, 11) is 0. The minimum atomic E-state index is -0.937. The van der Waals surface area contributed by atoms with Gasteiger partial charge in [-0.15, -0.1) is 0 Å². The summed E-state index contributed by atoms with van der Waals surface area (Å²) in [5.41, 5.74) is 0.0510. The molecule has 122 valence electrons. The number of ketones is 1. The zero-order valence-electron chi connectivity index (χ0n) is 13.1. The molecule has 0 aliphatic heterocycles. The Hall–Kier alpha value is -1.75. The van der Waals surface area contributed by atoms with Crippen LogP contribution in [0.5, 0.6) is 11.5 Å². The fourth-order valence-corrected chi connectivity index (χ4v) is 1.90. The molecule has 0 spiro atoms. The van der Waals surface area contributed by atoms with Crippen LogP contribution in [0.3, 0.4) is 0 Å². The van der Waals surface area contributed by atoms with Gasteiger partial charge in [-0.25, -0.2) is 4.79 Å². The van der Waals surface area contributed by atoms with Gasteiger partial charge >= 0.3 is 5.97 Å². The minimum Gasteiger partial charge on any atom is -0.490 e. The van der Waals surface area contributed by atoms with Crippen molar-refractivity contribution in [2.45, 2.75) is 33.6 Å². The number of Topliss-reactive ketones (excluding diaryl/α,β-unsaturated/α-hetero) is 1. The number of benzene rings is 1. The molecule has 0 heterocycles. The summed E-state index contributed by atoms with van der Waals surface area (Å²) in [5.74, 6) is -0.878. The van der Waals surface area contributed by atoms with Gasteiger partial charge in [0, 0.05) is 6.07 Å². The van der Waals surface area contributed by atoms with Crippen molar-refractivity contribution < 1.29 is 23.8 Å². The first-order valence-electron chi connectivity index (χ1n) is 7.35. The van der Waals surface area contributed by atoms with Crippen LogP contribution in [0.1, 0.15) is 44.0 Å². The zero-order chi connectivity index (χ0) is 16.5. The van der Waals surface area contributed by atoms with E-state index >= 15 is 0 Å². The van der Waals surface area contributed by atoms with Gasteiger partial charge in [-0.05, 0) is 25.8 Å².